The normalized spacial score (nSPS) is 15.4. The second-order valence-electron chi connectivity index (χ2n) is 3.48. The van der Waals surface area contributed by atoms with E-state index in [1.165, 1.54) is 0 Å². The molecule has 1 unspecified atom stereocenters. The zero-order valence-corrected chi connectivity index (χ0v) is 13.9. The van der Waals surface area contributed by atoms with Crippen LogP contribution in [0.15, 0.2) is 0 Å². The summed E-state index contributed by atoms with van der Waals surface area (Å²) in [5.74, 6) is 0. The van der Waals surface area contributed by atoms with Gasteiger partial charge >= 0.3 is 0 Å². The molecule has 0 rings (SSSR count). The minimum atomic E-state index is -4.02. The fourth-order valence-corrected chi connectivity index (χ4v) is 0.890. The quantitative estimate of drug-likeness (QED) is 0.362. The van der Waals surface area contributed by atoms with E-state index < -0.39 is 7.82 Å². The van der Waals surface area contributed by atoms with Crippen molar-refractivity contribution in [1.82, 2.24) is 0 Å². The Bertz CT molecular complexity index is 185. The summed E-state index contributed by atoms with van der Waals surface area (Å²) in [6, 6.07) is 0. The molecule has 0 fully saturated rings. The molecule has 0 aromatic carbocycles. The van der Waals surface area contributed by atoms with Gasteiger partial charge in [0.2, 0.25) is 0 Å². The molecule has 0 aliphatic rings. The first-order valence-electron chi connectivity index (χ1n) is 3.73. The topological polar surface area (TPSA) is 58.6 Å². The number of quaternary nitrogens is 1. The molecular formula is C6H16I2NO4P. The molecule has 0 aliphatic heterocycles. The SMILES string of the molecule is COP(=O)([O-])OCC[N+](C)(C)C.II. The van der Waals surface area contributed by atoms with Crippen molar-refractivity contribution in [2.24, 2.45) is 0 Å². The van der Waals surface area contributed by atoms with E-state index in [-0.39, 0.29) is 6.61 Å². The second-order valence-corrected chi connectivity index (χ2v) is 4.99. The van der Waals surface area contributed by atoms with E-state index in [2.05, 4.69) is 46.3 Å². The number of rotatable bonds is 5. The van der Waals surface area contributed by atoms with Crippen LogP contribution in [-0.4, -0.2) is 45.9 Å². The fraction of sp³-hybridized carbons (Fsp3) is 1.00. The van der Waals surface area contributed by atoms with E-state index in [4.69, 9.17) is 0 Å². The van der Waals surface area contributed by atoms with Gasteiger partial charge in [0.15, 0.2) is 0 Å². The van der Waals surface area contributed by atoms with Gasteiger partial charge < -0.3 is 18.4 Å². The maximum Gasteiger partial charge on any atom is 0.267 e. The second kappa shape index (κ2) is 8.66. The molecule has 0 spiro atoms. The minimum absolute atomic E-state index is 0.151. The van der Waals surface area contributed by atoms with Gasteiger partial charge in [-0.25, -0.2) is 0 Å². The van der Waals surface area contributed by atoms with Crippen LogP contribution in [0, 0.1) is 0 Å². The monoisotopic (exact) mass is 451 g/mol. The highest BCUT2D eigenvalue weighted by Gasteiger charge is 2.10. The van der Waals surface area contributed by atoms with Gasteiger partial charge in [-0.1, -0.05) is 0 Å². The highest BCUT2D eigenvalue weighted by atomic mass is 128. The van der Waals surface area contributed by atoms with Crippen LogP contribution in [0.4, 0.5) is 0 Å². The third kappa shape index (κ3) is 13.5. The lowest BCUT2D eigenvalue weighted by Crippen LogP contribution is -2.37. The number of halogens is 2. The van der Waals surface area contributed by atoms with Crippen molar-refractivity contribution >= 4 is 45.1 Å². The van der Waals surface area contributed by atoms with Crippen LogP contribution >= 0.6 is 45.1 Å². The molecule has 0 amide bonds. The maximum atomic E-state index is 10.7. The lowest BCUT2D eigenvalue weighted by Gasteiger charge is -2.26. The average molecular weight is 451 g/mol. The number of nitrogens with zero attached hydrogens (tertiary/aromatic N) is 1. The Labute approximate surface area is 109 Å². The average Bonchev–Trinajstić information content (AvgIpc) is 2.05. The van der Waals surface area contributed by atoms with Crippen molar-refractivity contribution in [2.75, 3.05) is 41.4 Å². The van der Waals surface area contributed by atoms with Crippen molar-refractivity contribution in [3.05, 3.63) is 0 Å². The number of likely N-dealkylation sites (N-methyl/N-ethyl adjacent to an activating group) is 1. The standard InChI is InChI=1S/C6H16NO4P.I2/c1-7(2,3)5-6-11-12(8,9)10-4;1-2/h5-6H2,1-4H3;. The molecule has 14 heavy (non-hydrogen) atoms. The van der Waals surface area contributed by atoms with Crippen LogP contribution in [0.25, 0.3) is 0 Å². The summed E-state index contributed by atoms with van der Waals surface area (Å²) in [6.07, 6.45) is 0. The van der Waals surface area contributed by atoms with E-state index in [1.807, 2.05) is 21.1 Å². The van der Waals surface area contributed by atoms with Crippen LogP contribution in [0.2, 0.25) is 0 Å². The molecule has 0 radical (unpaired) electrons. The zero-order valence-electron chi connectivity index (χ0n) is 8.70. The highest BCUT2D eigenvalue weighted by molar-refractivity contribution is 15.0. The predicted octanol–water partition coefficient (Wildman–Crippen LogP) is 1.60. The highest BCUT2D eigenvalue weighted by Crippen LogP contribution is 2.36. The van der Waals surface area contributed by atoms with E-state index >= 15 is 0 Å². The number of phosphoric ester groups is 1. The van der Waals surface area contributed by atoms with E-state index in [0.717, 1.165) is 7.11 Å². The first kappa shape index (κ1) is 17.9. The molecule has 0 aromatic rings. The molecule has 88 valence electrons. The van der Waals surface area contributed by atoms with Gasteiger partial charge in [0.25, 0.3) is 7.82 Å². The molecule has 0 bridgehead atoms. The van der Waals surface area contributed by atoms with Gasteiger partial charge in [0, 0.05) is 44.3 Å². The van der Waals surface area contributed by atoms with E-state index in [0.29, 0.717) is 11.0 Å². The molecule has 0 saturated carbocycles. The van der Waals surface area contributed by atoms with Gasteiger partial charge in [0.1, 0.15) is 13.2 Å². The summed E-state index contributed by atoms with van der Waals surface area (Å²) < 4.78 is 20.0. The summed E-state index contributed by atoms with van der Waals surface area (Å²) in [4.78, 5) is 10.7. The fourth-order valence-electron chi connectivity index (χ4n) is 0.479. The van der Waals surface area contributed by atoms with Crippen molar-refractivity contribution < 1.29 is 23.0 Å². The predicted molar refractivity (Wildman–Crippen MR) is 71.5 cm³/mol. The van der Waals surface area contributed by atoms with Gasteiger partial charge in [-0.15, -0.1) is 0 Å². The molecule has 0 heterocycles. The Hall–Kier alpha value is 1.53. The number of phosphoric acid groups is 1. The third-order valence-corrected chi connectivity index (χ3v) is 2.18. The Balaban J connectivity index is 0. The third-order valence-electron chi connectivity index (χ3n) is 1.24. The summed E-state index contributed by atoms with van der Waals surface area (Å²) >= 11 is 4.24. The molecule has 1 atom stereocenters. The summed E-state index contributed by atoms with van der Waals surface area (Å²) in [5.41, 5.74) is 0. The van der Waals surface area contributed by atoms with Crippen molar-refractivity contribution in [3.63, 3.8) is 0 Å². The molecule has 0 aliphatic carbocycles. The van der Waals surface area contributed by atoms with Crippen molar-refractivity contribution in [1.29, 1.82) is 0 Å². The van der Waals surface area contributed by atoms with Crippen LogP contribution in [0.3, 0.4) is 0 Å². The van der Waals surface area contributed by atoms with Crippen LogP contribution in [0.1, 0.15) is 0 Å². The molecular weight excluding hydrogens is 435 g/mol. The molecule has 0 aromatic heterocycles. The van der Waals surface area contributed by atoms with Crippen molar-refractivity contribution in [2.45, 2.75) is 0 Å². The Morgan fingerprint density at radius 2 is 1.79 bits per heavy atom. The largest absolute Gasteiger partial charge is 0.756 e. The van der Waals surface area contributed by atoms with E-state index in [1.54, 1.807) is 0 Å². The summed E-state index contributed by atoms with van der Waals surface area (Å²) in [5, 5.41) is 0. The Morgan fingerprint density at radius 3 is 2.07 bits per heavy atom. The summed E-state index contributed by atoms with van der Waals surface area (Å²) in [7, 11) is 2.91. The van der Waals surface area contributed by atoms with E-state index in [9.17, 15) is 9.46 Å². The molecule has 0 saturated heterocycles. The van der Waals surface area contributed by atoms with Gasteiger partial charge in [-0.2, -0.15) is 0 Å². The van der Waals surface area contributed by atoms with Gasteiger partial charge in [-0.05, 0) is 0 Å². The zero-order chi connectivity index (χ0) is 11.8. The van der Waals surface area contributed by atoms with Gasteiger partial charge in [0.05, 0.1) is 21.1 Å². The van der Waals surface area contributed by atoms with Crippen LogP contribution < -0.4 is 4.89 Å². The van der Waals surface area contributed by atoms with Gasteiger partial charge in [-0.3, -0.25) is 4.57 Å². The molecule has 5 nitrogen and oxygen atoms in total. The Kier molecular flexibility index (Phi) is 11.1. The number of hydrogen-bond acceptors (Lipinski definition) is 4. The van der Waals surface area contributed by atoms with Crippen LogP contribution in [-0.2, 0) is 13.6 Å². The lowest BCUT2D eigenvalue weighted by atomic mass is 10.5. The number of hydrogen-bond donors (Lipinski definition) is 0. The van der Waals surface area contributed by atoms with Crippen molar-refractivity contribution in [3.8, 4) is 0 Å². The Morgan fingerprint density at radius 1 is 1.36 bits per heavy atom. The first-order valence-corrected chi connectivity index (χ1v) is 11.5. The maximum absolute atomic E-state index is 10.7. The summed E-state index contributed by atoms with van der Waals surface area (Å²) in [6.45, 7) is 0.772. The molecule has 8 heteroatoms. The minimum Gasteiger partial charge on any atom is -0.756 e. The molecule has 0 N–H and O–H groups in total. The first-order chi connectivity index (χ1) is 6.27. The smallest absolute Gasteiger partial charge is 0.267 e. The van der Waals surface area contributed by atoms with Crippen LogP contribution in [0.5, 0.6) is 0 Å². The lowest BCUT2D eigenvalue weighted by molar-refractivity contribution is -0.870.